The first-order valence-corrected chi connectivity index (χ1v) is 8.05. The number of nitrogens with zero attached hydrogens (tertiary/aromatic N) is 5. The lowest BCUT2D eigenvalue weighted by Crippen LogP contribution is -2.38. The van der Waals surface area contributed by atoms with Crippen LogP contribution in [0.25, 0.3) is 0 Å². The van der Waals surface area contributed by atoms with Gasteiger partial charge in [0.15, 0.2) is 0 Å². The molecule has 1 amide bonds. The van der Waals surface area contributed by atoms with Crippen LogP contribution in [0.3, 0.4) is 0 Å². The smallest absolute Gasteiger partial charge is 0.256 e. The van der Waals surface area contributed by atoms with Crippen molar-refractivity contribution in [2.24, 2.45) is 0 Å². The molecule has 0 aliphatic carbocycles. The number of hydrogen-bond donors (Lipinski definition) is 0. The highest BCUT2D eigenvalue weighted by atomic mass is 19.1. The number of rotatable bonds is 2. The molecule has 0 atom stereocenters. The van der Waals surface area contributed by atoms with Gasteiger partial charge in [-0.15, -0.1) is 0 Å². The lowest BCUT2D eigenvalue weighted by Gasteiger charge is -2.33. The van der Waals surface area contributed by atoms with Crippen LogP contribution >= 0.6 is 0 Å². The minimum absolute atomic E-state index is 0.230. The molecule has 24 heavy (non-hydrogen) atoms. The minimum atomic E-state index is -0.463. The van der Waals surface area contributed by atoms with Crippen LogP contribution in [-0.4, -0.2) is 38.8 Å². The van der Waals surface area contributed by atoms with Crippen molar-refractivity contribution < 1.29 is 9.18 Å². The van der Waals surface area contributed by atoms with Crippen LogP contribution in [0.5, 0.6) is 0 Å². The van der Waals surface area contributed by atoms with Gasteiger partial charge in [-0.25, -0.2) is 14.4 Å². The molecule has 0 bridgehead atoms. The Balaban J connectivity index is 1.63. The normalized spacial score (nSPS) is 16.1. The number of anilines is 1. The fourth-order valence-electron chi connectivity index (χ4n) is 3.10. The Labute approximate surface area is 139 Å². The molecule has 2 aliphatic heterocycles. The summed E-state index contributed by atoms with van der Waals surface area (Å²) in [7, 11) is 0. The van der Waals surface area contributed by atoms with Crippen molar-refractivity contribution in [3.8, 4) is 0 Å². The van der Waals surface area contributed by atoms with E-state index in [1.807, 2.05) is 6.92 Å². The van der Waals surface area contributed by atoms with Crippen LogP contribution in [0.1, 0.15) is 39.6 Å². The molecule has 0 radical (unpaired) electrons. The average Bonchev–Trinajstić information content (AvgIpc) is 2.91. The Hall–Kier alpha value is -2.57. The molecule has 124 valence electrons. The minimum Gasteiger partial charge on any atom is -0.356 e. The average molecular weight is 327 g/mol. The third-order valence-corrected chi connectivity index (χ3v) is 4.59. The quantitative estimate of drug-likeness (QED) is 0.844. The standard InChI is InChI=1S/C17H18FN5O/c1-10-14(18)6-12(7-19-10)17(24)23-8-13-15(9-23)20-11(2)21-16(13)22-4-3-5-22/h6-7H,3-5,8-9H2,1-2H3. The van der Waals surface area contributed by atoms with E-state index in [1.54, 1.807) is 11.8 Å². The van der Waals surface area contributed by atoms with Crippen molar-refractivity contribution in [1.82, 2.24) is 19.9 Å². The SMILES string of the molecule is Cc1nc2c(c(N3CCC3)n1)CN(C(=O)c1cnc(C)c(F)c1)C2. The van der Waals surface area contributed by atoms with Crippen molar-refractivity contribution in [3.63, 3.8) is 0 Å². The predicted octanol–water partition coefficient (Wildman–Crippen LogP) is 1.99. The third kappa shape index (κ3) is 2.40. The second-order valence-electron chi connectivity index (χ2n) is 6.31. The molecule has 0 saturated carbocycles. The fraction of sp³-hybridized carbons (Fsp3) is 0.412. The Morgan fingerprint density at radius 2 is 2.00 bits per heavy atom. The summed E-state index contributed by atoms with van der Waals surface area (Å²) < 4.78 is 13.7. The summed E-state index contributed by atoms with van der Waals surface area (Å²) in [5.41, 5.74) is 2.45. The van der Waals surface area contributed by atoms with Crippen LogP contribution in [0.15, 0.2) is 12.3 Å². The molecule has 0 aromatic carbocycles. The highest BCUT2D eigenvalue weighted by molar-refractivity contribution is 5.94. The molecule has 4 heterocycles. The summed E-state index contributed by atoms with van der Waals surface area (Å²) in [5, 5.41) is 0. The number of halogens is 1. The summed E-state index contributed by atoms with van der Waals surface area (Å²) in [6, 6.07) is 1.25. The molecule has 2 aromatic rings. The summed E-state index contributed by atoms with van der Waals surface area (Å²) >= 11 is 0. The Kier molecular flexibility index (Phi) is 3.44. The van der Waals surface area contributed by atoms with Gasteiger partial charge in [0, 0.05) is 24.8 Å². The zero-order chi connectivity index (χ0) is 16.8. The molecule has 6 nitrogen and oxygen atoms in total. The molecule has 0 N–H and O–H groups in total. The van der Waals surface area contributed by atoms with E-state index >= 15 is 0 Å². The highest BCUT2D eigenvalue weighted by Gasteiger charge is 2.31. The van der Waals surface area contributed by atoms with Gasteiger partial charge in [-0.05, 0) is 26.3 Å². The number of aryl methyl sites for hydroxylation is 2. The largest absolute Gasteiger partial charge is 0.356 e. The van der Waals surface area contributed by atoms with Crippen LogP contribution in [0, 0.1) is 19.7 Å². The first kappa shape index (κ1) is 15.0. The van der Waals surface area contributed by atoms with Crippen molar-refractivity contribution in [2.45, 2.75) is 33.4 Å². The summed E-state index contributed by atoms with van der Waals surface area (Å²) in [6.45, 7) is 6.30. The van der Waals surface area contributed by atoms with E-state index in [1.165, 1.54) is 12.3 Å². The molecule has 2 aliphatic rings. The van der Waals surface area contributed by atoms with E-state index in [9.17, 15) is 9.18 Å². The van der Waals surface area contributed by atoms with Crippen LogP contribution in [0.2, 0.25) is 0 Å². The summed E-state index contributed by atoms with van der Waals surface area (Å²) in [4.78, 5) is 29.6. The van der Waals surface area contributed by atoms with Gasteiger partial charge in [-0.3, -0.25) is 9.78 Å². The number of pyridine rings is 1. The van der Waals surface area contributed by atoms with Gasteiger partial charge in [0.2, 0.25) is 0 Å². The number of aromatic nitrogens is 3. The maximum absolute atomic E-state index is 13.7. The van der Waals surface area contributed by atoms with E-state index in [-0.39, 0.29) is 17.2 Å². The number of amides is 1. The van der Waals surface area contributed by atoms with Gasteiger partial charge in [0.1, 0.15) is 17.5 Å². The van der Waals surface area contributed by atoms with Crippen molar-refractivity contribution in [3.05, 3.63) is 46.4 Å². The van der Waals surface area contributed by atoms with E-state index in [2.05, 4.69) is 19.9 Å². The molecule has 1 saturated heterocycles. The van der Waals surface area contributed by atoms with Crippen molar-refractivity contribution in [2.75, 3.05) is 18.0 Å². The Bertz CT molecular complexity index is 834. The number of carbonyl (C=O) groups excluding carboxylic acids is 1. The third-order valence-electron chi connectivity index (χ3n) is 4.59. The second-order valence-corrected chi connectivity index (χ2v) is 6.31. The van der Waals surface area contributed by atoms with Gasteiger partial charge in [-0.2, -0.15) is 0 Å². The number of hydrogen-bond acceptors (Lipinski definition) is 5. The lowest BCUT2D eigenvalue weighted by molar-refractivity contribution is 0.0749. The Morgan fingerprint density at radius 1 is 1.21 bits per heavy atom. The van der Waals surface area contributed by atoms with Crippen molar-refractivity contribution in [1.29, 1.82) is 0 Å². The van der Waals surface area contributed by atoms with Crippen LogP contribution < -0.4 is 4.90 Å². The summed E-state index contributed by atoms with van der Waals surface area (Å²) in [5.74, 6) is 0.960. The van der Waals surface area contributed by atoms with Crippen molar-refractivity contribution >= 4 is 11.7 Å². The summed E-state index contributed by atoms with van der Waals surface area (Å²) in [6.07, 6.45) is 2.59. The first-order valence-electron chi connectivity index (χ1n) is 8.05. The number of fused-ring (bicyclic) bond motifs is 1. The van der Waals surface area contributed by atoms with E-state index in [0.29, 0.717) is 18.9 Å². The molecule has 2 aromatic heterocycles. The fourth-order valence-corrected chi connectivity index (χ4v) is 3.10. The van der Waals surface area contributed by atoms with Crippen LogP contribution in [-0.2, 0) is 13.1 Å². The van der Waals surface area contributed by atoms with Gasteiger partial charge in [0.25, 0.3) is 5.91 Å². The number of carbonyl (C=O) groups is 1. The zero-order valence-electron chi connectivity index (χ0n) is 13.7. The van der Waals surface area contributed by atoms with Gasteiger partial charge in [0.05, 0.1) is 30.0 Å². The van der Waals surface area contributed by atoms with Crippen LogP contribution in [0.4, 0.5) is 10.2 Å². The lowest BCUT2D eigenvalue weighted by atomic mass is 10.1. The predicted molar refractivity (Wildman–Crippen MR) is 86.1 cm³/mol. The highest BCUT2D eigenvalue weighted by Crippen LogP contribution is 2.32. The second kappa shape index (κ2) is 5.51. The Morgan fingerprint density at radius 3 is 2.67 bits per heavy atom. The van der Waals surface area contributed by atoms with E-state index < -0.39 is 5.82 Å². The topological polar surface area (TPSA) is 62.2 Å². The zero-order valence-corrected chi connectivity index (χ0v) is 13.7. The molecule has 1 fully saturated rings. The molecular weight excluding hydrogens is 309 g/mol. The van der Waals surface area contributed by atoms with E-state index in [0.717, 1.165) is 36.6 Å². The monoisotopic (exact) mass is 327 g/mol. The van der Waals surface area contributed by atoms with Gasteiger partial charge < -0.3 is 9.80 Å². The molecule has 0 spiro atoms. The van der Waals surface area contributed by atoms with Gasteiger partial charge in [-0.1, -0.05) is 0 Å². The first-order chi connectivity index (χ1) is 11.5. The van der Waals surface area contributed by atoms with Gasteiger partial charge >= 0.3 is 0 Å². The van der Waals surface area contributed by atoms with E-state index in [4.69, 9.17) is 0 Å². The molecule has 4 rings (SSSR count). The molecule has 7 heteroatoms. The maximum atomic E-state index is 13.7. The molecular formula is C17H18FN5O. The molecule has 0 unspecified atom stereocenters. The maximum Gasteiger partial charge on any atom is 0.256 e.